The zero-order chi connectivity index (χ0) is 8.59. The van der Waals surface area contributed by atoms with E-state index in [9.17, 15) is 14.4 Å². The lowest BCUT2D eigenvalue weighted by Gasteiger charge is -2.26. The monoisotopic (exact) mass is 156 g/mol. The van der Waals surface area contributed by atoms with Crippen molar-refractivity contribution < 1.29 is 14.4 Å². The first-order chi connectivity index (χ1) is 5.04. The van der Waals surface area contributed by atoms with Gasteiger partial charge in [-0.05, 0) is 0 Å². The van der Waals surface area contributed by atoms with E-state index in [-0.39, 0.29) is 12.5 Å². The van der Waals surface area contributed by atoms with E-state index >= 15 is 0 Å². The molecule has 1 aliphatic rings. The van der Waals surface area contributed by atoms with Crippen LogP contribution in [0.5, 0.6) is 0 Å². The Kier molecular flexibility index (Phi) is 1.64. The van der Waals surface area contributed by atoms with Gasteiger partial charge in [-0.1, -0.05) is 0 Å². The van der Waals surface area contributed by atoms with Crippen LogP contribution in [0.1, 0.15) is 0 Å². The molecule has 0 N–H and O–H groups in total. The van der Waals surface area contributed by atoms with Gasteiger partial charge in [-0.2, -0.15) is 0 Å². The lowest BCUT2D eigenvalue weighted by Crippen LogP contribution is -2.54. The second-order valence-electron chi connectivity index (χ2n) is 2.42. The number of nitrogens with zero attached hydrogens (tertiary/aromatic N) is 2. The summed E-state index contributed by atoms with van der Waals surface area (Å²) in [7, 11) is 2.72. The number of likely N-dealkylation sites (N-methyl/N-ethyl adjacent to an activating group) is 2. The van der Waals surface area contributed by atoms with Crippen molar-refractivity contribution >= 4 is 17.7 Å². The highest BCUT2D eigenvalue weighted by molar-refractivity contribution is 6.39. The van der Waals surface area contributed by atoms with Gasteiger partial charge in [0.15, 0.2) is 0 Å². The van der Waals surface area contributed by atoms with E-state index < -0.39 is 11.8 Å². The molecule has 5 nitrogen and oxygen atoms in total. The van der Waals surface area contributed by atoms with Crippen LogP contribution in [0.3, 0.4) is 0 Å². The summed E-state index contributed by atoms with van der Waals surface area (Å²) in [6.07, 6.45) is 0. The number of hydrogen-bond donors (Lipinski definition) is 0. The van der Waals surface area contributed by atoms with Gasteiger partial charge in [0.25, 0.3) is 0 Å². The smallest absolute Gasteiger partial charge is 0.318 e. The fourth-order valence-electron chi connectivity index (χ4n) is 0.801. The van der Waals surface area contributed by atoms with E-state index in [1.807, 2.05) is 0 Å². The van der Waals surface area contributed by atoms with Crippen LogP contribution in [-0.4, -0.2) is 48.2 Å². The van der Waals surface area contributed by atoms with E-state index in [0.717, 1.165) is 9.80 Å². The average molecular weight is 156 g/mol. The molecule has 0 radical (unpaired) electrons. The van der Waals surface area contributed by atoms with Gasteiger partial charge in [-0.3, -0.25) is 19.3 Å². The highest BCUT2D eigenvalue weighted by atomic mass is 16.2. The van der Waals surface area contributed by atoms with Crippen molar-refractivity contribution in [1.29, 1.82) is 0 Å². The molecule has 5 heteroatoms. The standard InChI is InChI=1S/C6H8N2O3/c1-7-3-4(9)8(2)6(11)5(7)10/h3H2,1-2H3. The number of rotatable bonds is 0. The maximum Gasteiger partial charge on any atom is 0.318 e. The van der Waals surface area contributed by atoms with E-state index in [0.29, 0.717) is 0 Å². The highest BCUT2D eigenvalue weighted by Crippen LogP contribution is 2.00. The number of hydrogen-bond acceptors (Lipinski definition) is 3. The third-order valence-corrected chi connectivity index (χ3v) is 1.58. The molecule has 11 heavy (non-hydrogen) atoms. The molecule has 1 aliphatic heterocycles. The summed E-state index contributed by atoms with van der Waals surface area (Å²) in [5, 5.41) is 0. The molecule has 1 fully saturated rings. The second kappa shape index (κ2) is 2.34. The Hall–Kier alpha value is -1.39. The van der Waals surface area contributed by atoms with Crippen LogP contribution < -0.4 is 0 Å². The molecular formula is C6H8N2O3. The van der Waals surface area contributed by atoms with Gasteiger partial charge in [0.05, 0.1) is 0 Å². The summed E-state index contributed by atoms with van der Waals surface area (Å²) in [5.41, 5.74) is 0. The zero-order valence-corrected chi connectivity index (χ0v) is 6.33. The molecule has 60 valence electrons. The Bertz CT molecular complexity index is 236. The Morgan fingerprint density at radius 2 is 1.64 bits per heavy atom. The molecule has 0 aliphatic carbocycles. The van der Waals surface area contributed by atoms with Crippen molar-refractivity contribution in [1.82, 2.24) is 9.80 Å². The van der Waals surface area contributed by atoms with E-state index in [2.05, 4.69) is 0 Å². The minimum atomic E-state index is -0.760. The summed E-state index contributed by atoms with van der Waals surface area (Å²) in [6, 6.07) is 0. The van der Waals surface area contributed by atoms with Crippen LogP contribution in [0.25, 0.3) is 0 Å². The van der Waals surface area contributed by atoms with Crippen molar-refractivity contribution in [3.63, 3.8) is 0 Å². The molecular weight excluding hydrogens is 148 g/mol. The van der Waals surface area contributed by atoms with Gasteiger partial charge in [0.2, 0.25) is 5.91 Å². The van der Waals surface area contributed by atoms with Gasteiger partial charge >= 0.3 is 11.8 Å². The lowest BCUT2D eigenvalue weighted by atomic mass is 10.3. The average Bonchev–Trinajstić information content (AvgIpc) is 1.97. The molecule has 3 amide bonds. The predicted molar refractivity (Wildman–Crippen MR) is 35.4 cm³/mol. The predicted octanol–water partition coefficient (Wildman–Crippen LogP) is -1.56. The summed E-state index contributed by atoms with van der Waals surface area (Å²) < 4.78 is 0. The van der Waals surface area contributed by atoms with Crippen molar-refractivity contribution in [3.05, 3.63) is 0 Å². The molecule has 0 saturated carbocycles. The molecule has 0 bridgehead atoms. The molecule has 1 rings (SSSR count). The van der Waals surface area contributed by atoms with E-state index in [1.54, 1.807) is 0 Å². The minimum Gasteiger partial charge on any atom is -0.328 e. The third-order valence-electron chi connectivity index (χ3n) is 1.58. The van der Waals surface area contributed by atoms with Crippen LogP contribution in [0, 0.1) is 0 Å². The first-order valence-corrected chi connectivity index (χ1v) is 3.10. The van der Waals surface area contributed by atoms with Gasteiger partial charge < -0.3 is 4.90 Å². The molecule has 0 spiro atoms. The lowest BCUT2D eigenvalue weighted by molar-refractivity contribution is -0.161. The normalized spacial score (nSPS) is 19.6. The fourth-order valence-corrected chi connectivity index (χ4v) is 0.801. The fraction of sp³-hybridized carbons (Fsp3) is 0.500. The quantitative estimate of drug-likeness (QED) is 0.315. The molecule has 1 saturated heterocycles. The SMILES string of the molecule is CN1CC(=O)N(C)C(=O)C1=O. The van der Waals surface area contributed by atoms with Gasteiger partial charge in [-0.15, -0.1) is 0 Å². The Morgan fingerprint density at radius 3 is 2.18 bits per heavy atom. The first kappa shape index (κ1) is 7.71. The largest absolute Gasteiger partial charge is 0.328 e. The molecule has 0 unspecified atom stereocenters. The second-order valence-corrected chi connectivity index (χ2v) is 2.42. The number of carbonyl (C=O) groups excluding carboxylic acids is 3. The Balaban J connectivity index is 2.87. The van der Waals surface area contributed by atoms with Gasteiger partial charge in [0.1, 0.15) is 6.54 Å². The number of carbonyl (C=O) groups is 3. The van der Waals surface area contributed by atoms with Crippen LogP contribution in [0.2, 0.25) is 0 Å². The van der Waals surface area contributed by atoms with Crippen LogP contribution >= 0.6 is 0 Å². The van der Waals surface area contributed by atoms with Crippen LogP contribution in [0.15, 0.2) is 0 Å². The van der Waals surface area contributed by atoms with Crippen molar-refractivity contribution in [2.24, 2.45) is 0 Å². The molecule has 0 aromatic carbocycles. The Morgan fingerprint density at radius 1 is 1.09 bits per heavy atom. The van der Waals surface area contributed by atoms with Crippen molar-refractivity contribution in [3.8, 4) is 0 Å². The zero-order valence-electron chi connectivity index (χ0n) is 6.33. The topological polar surface area (TPSA) is 57.7 Å². The summed E-state index contributed by atoms with van der Waals surface area (Å²) >= 11 is 0. The number of imide groups is 1. The molecule has 0 atom stereocenters. The van der Waals surface area contributed by atoms with Gasteiger partial charge in [0, 0.05) is 14.1 Å². The molecule has 1 heterocycles. The third kappa shape index (κ3) is 1.09. The number of amides is 3. The summed E-state index contributed by atoms with van der Waals surface area (Å²) in [4.78, 5) is 34.5. The Labute approximate surface area is 63.6 Å². The minimum absolute atomic E-state index is 0.0128. The maximum atomic E-state index is 10.9. The molecule has 0 aromatic heterocycles. The first-order valence-electron chi connectivity index (χ1n) is 3.10. The number of piperazine rings is 1. The maximum absolute atomic E-state index is 10.9. The van der Waals surface area contributed by atoms with Crippen LogP contribution in [0.4, 0.5) is 0 Å². The summed E-state index contributed by atoms with van der Waals surface area (Å²) in [6.45, 7) is -0.0128. The summed E-state index contributed by atoms with van der Waals surface area (Å²) in [5.74, 6) is -1.74. The molecule has 0 aromatic rings. The van der Waals surface area contributed by atoms with E-state index in [1.165, 1.54) is 14.1 Å². The van der Waals surface area contributed by atoms with Crippen LogP contribution in [-0.2, 0) is 14.4 Å². The highest BCUT2D eigenvalue weighted by Gasteiger charge is 2.33. The van der Waals surface area contributed by atoms with Gasteiger partial charge in [-0.25, -0.2) is 0 Å². The van der Waals surface area contributed by atoms with Crippen molar-refractivity contribution in [2.75, 3.05) is 20.6 Å². The van der Waals surface area contributed by atoms with Crippen molar-refractivity contribution in [2.45, 2.75) is 0 Å². The van der Waals surface area contributed by atoms with E-state index in [4.69, 9.17) is 0 Å².